The lowest BCUT2D eigenvalue weighted by Crippen LogP contribution is -2.43. The summed E-state index contributed by atoms with van der Waals surface area (Å²) < 4.78 is 18.8. The van der Waals surface area contributed by atoms with Crippen molar-refractivity contribution in [2.75, 3.05) is 51.8 Å². The molecule has 27 heavy (non-hydrogen) atoms. The van der Waals surface area contributed by atoms with E-state index in [1.54, 1.807) is 12.1 Å². The Balaban J connectivity index is 1.73. The van der Waals surface area contributed by atoms with Crippen molar-refractivity contribution in [3.8, 4) is 0 Å². The number of benzene rings is 2. The van der Waals surface area contributed by atoms with Gasteiger partial charge in [0.25, 0.3) is 5.91 Å². The predicted octanol–water partition coefficient (Wildman–Crippen LogP) is 2.70. The molecule has 0 radical (unpaired) electrons. The SMILES string of the molecule is CN(C)c1cccc(C(=O)NCC(c2ccc(F)cc2)N2CCOCC2)c1. The Hall–Kier alpha value is -2.44. The second-order valence-corrected chi connectivity index (χ2v) is 6.87. The highest BCUT2D eigenvalue weighted by Gasteiger charge is 2.23. The number of hydrogen-bond acceptors (Lipinski definition) is 4. The number of nitrogens with one attached hydrogen (secondary N) is 1. The number of hydrogen-bond donors (Lipinski definition) is 1. The Morgan fingerprint density at radius 2 is 1.89 bits per heavy atom. The molecular formula is C21H26FN3O2. The molecule has 5 nitrogen and oxygen atoms in total. The van der Waals surface area contributed by atoms with Gasteiger partial charge < -0.3 is 15.0 Å². The third kappa shape index (κ3) is 5.05. The van der Waals surface area contributed by atoms with Gasteiger partial charge in [0.15, 0.2) is 0 Å². The molecule has 1 heterocycles. The maximum atomic E-state index is 13.3. The summed E-state index contributed by atoms with van der Waals surface area (Å²) in [6.45, 7) is 3.35. The van der Waals surface area contributed by atoms with E-state index in [2.05, 4.69) is 10.2 Å². The molecule has 2 aromatic rings. The average Bonchev–Trinajstić information content (AvgIpc) is 2.70. The Morgan fingerprint density at radius 1 is 1.19 bits per heavy atom. The molecule has 1 amide bonds. The lowest BCUT2D eigenvalue weighted by atomic mass is 10.0. The van der Waals surface area contributed by atoms with Crippen molar-refractivity contribution >= 4 is 11.6 Å². The van der Waals surface area contributed by atoms with Crippen LogP contribution < -0.4 is 10.2 Å². The van der Waals surface area contributed by atoms with E-state index in [1.807, 2.05) is 43.3 Å². The molecule has 1 aliphatic heterocycles. The topological polar surface area (TPSA) is 44.8 Å². The molecule has 3 rings (SSSR count). The largest absolute Gasteiger partial charge is 0.379 e. The first-order valence-electron chi connectivity index (χ1n) is 9.17. The van der Waals surface area contributed by atoms with Crippen LogP contribution in [0.3, 0.4) is 0 Å². The maximum absolute atomic E-state index is 13.3. The minimum atomic E-state index is -0.260. The molecule has 144 valence electrons. The zero-order chi connectivity index (χ0) is 19.2. The van der Waals surface area contributed by atoms with Crippen molar-refractivity contribution < 1.29 is 13.9 Å². The number of morpholine rings is 1. The van der Waals surface area contributed by atoms with Crippen LogP contribution in [0.15, 0.2) is 48.5 Å². The first kappa shape index (κ1) is 19.3. The minimum Gasteiger partial charge on any atom is -0.379 e. The maximum Gasteiger partial charge on any atom is 0.251 e. The van der Waals surface area contributed by atoms with Gasteiger partial charge in [-0.3, -0.25) is 9.69 Å². The number of ether oxygens (including phenoxy) is 1. The molecule has 1 N–H and O–H groups in total. The van der Waals surface area contributed by atoms with Crippen LogP contribution in [0.1, 0.15) is 22.0 Å². The fraction of sp³-hybridized carbons (Fsp3) is 0.381. The van der Waals surface area contributed by atoms with Gasteiger partial charge in [0.05, 0.1) is 19.3 Å². The number of nitrogens with zero attached hydrogens (tertiary/aromatic N) is 2. The van der Waals surface area contributed by atoms with Gasteiger partial charge in [-0.1, -0.05) is 18.2 Å². The quantitative estimate of drug-likeness (QED) is 0.848. The van der Waals surface area contributed by atoms with Crippen LogP contribution in [0.5, 0.6) is 0 Å². The molecule has 1 atom stereocenters. The summed E-state index contributed by atoms with van der Waals surface area (Å²) in [7, 11) is 3.89. The molecule has 6 heteroatoms. The van der Waals surface area contributed by atoms with E-state index in [0.29, 0.717) is 25.3 Å². The number of carbonyl (C=O) groups is 1. The standard InChI is InChI=1S/C21H26FN3O2/c1-24(2)19-5-3-4-17(14-19)21(26)23-15-20(25-10-12-27-13-11-25)16-6-8-18(22)9-7-16/h3-9,14,20H,10-13,15H2,1-2H3,(H,23,26). The molecule has 0 aliphatic carbocycles. The molecular weight excluding hydrogens is 345 g/mol. The highest BCUT2D eigenvalue weighted by atomic mass is 19.1. The number of anilines is 1. The predicted molar refractivity (Wildman–Crippen MR) is 105 cm³/mol. The molecule has 1 unspecified atom stereocenters. The summed E-state index contributed by atoms with van der Waals surface area (Å²) in [5.74, 6) is -0.372. The Kier molecular flexibility index (Phi) is 6.42. The molecule has 1 saturated heterocycles. The average molecular weight is 371 g/mol. The van der Waals surface area contributed by atoms with Gasteiger partial charge in [-0.15, -0.1) is 0 Å². The number of rotatable bonds is 6. The third-order valence-corrected chi connectivity index (χ3v) is 4.82. The van der Waals surface area contributed by atoms with Gasteiger partial charge in [0.1, 0.15) is 5.82 Å². The molecule has 1 fully saturated rings. The molecule has 0 bridgehead atoms. The number of halogens is 1. The van der Waals surface area contributed by atoms with Gasteiger partial charge >= 0.3 is 0 Å². The van der Waals surface area contributed by atoms with Crippen LogP contribution in [-0.2, 0) is 4.74 Å². The van der Waals surface area contributed by atoms with Crippen molar-refractivity contribution in [1.82, 2.24) is 10.2 Å². The van der Waals surface area contributed by atoms with Crippen molar-refractivity contribution in [2.45, 2.75) is 6.04 Å². The molecule has 1 aliphatic rings. The first-order chi connectivity index (χ1) is 13.0. The number of amides is 1. The van der Waals surface area contributed by atoms with Crippen LogP contribution in [-0.4, -0.2) is 57.8 Å². The lowest BCUT2D eigenvalue weighted by molar-refractivity contribution is 0.0162. The second kappa shape index (κ2) is 8.97. The van der Waals surface area contributed by atoms with Gasteiger partial charge in [-0.05, 0) is 35.9 Å². The van der Waals surface area contributed by atoms with Crippen LogP contribution in [0.4, 0.5) is 10.1 Å². The minimum absolute atomic E-state index is 0.0181. The van der Waals surface area contributed by atoms with Gasteiger partial charge in [-0.2, -0.15) is 0 Å². The Bertz CT molecular complexity index is 758. The van der Waals surface area contributed by atoms with Crippen molar-refractivity contribution in [3.05, 3.63) is 65.5 Å². The highest BCUT2D eigenvalue weighted by Crippen LogP contribution is 2.22. The van der Waals surface area contributed by atoms with Crippen molar-refractivity contribution in [2.24, 2.45) is 0 Å². The number of carbonyl (C=O) groups excluding carboxylic acids is 1. The van der Waals surface area contributed by atoms with Crippen LogP contribution >= 0.6 is 0 Å². The van der Waals surface area contributed by atoms with Crippen LogP contribution in [0, 0.1) is 5.82 Å². The second-order valence-electron chi connectivity index (χ2n) is 6.87. The third-order valence-electron chi connectivity index (χ3n) is 4.82. The van der Waals surface area contributed by atoms with E-state index < -0.39 is 0 Å². The van der Waals surface area contributed by atoms with E-state index >= 15 is 0 Å². The van der Waals surface area contributed by atoms with Gasteiger partial charge in [-0.25, -0.2) is 4.39 Å². The summed E-state index contributed by atoms with van der Waals surface area (Å²) in [4.78, 5) is 16.9. The van der Waals surface area contributed by atoms with Crippen LogP contribution in [0.25, 0.3) is 0 Å². The fourth-order valence-electron chi connectivity index (χ4n) is 3.25. The Morgan fingerprint density at radius 3 is 2.56 bits per heavy atom. The highest BCUT2D eigenvalue weighted by molar-refractivity contribution is 5.95. The van der Waals surface area contributed by atoms with E-state index in [4.69, 9.17) is 4.74 Å². The van der Waals surface area contributed by atoms with E-state index in [-0.39, 0.29) is 17.8 Å². The first-order valence-corrected chi connectivity index (χ1v) is 9.17. The molecule has 0 spiro atoms. The van der Waals surface area contributed by atoms with E-state index in [1.165, 1.54) is 12.1 Å². The van der Waals surface area contributed by atoms with Crippen molar-refractivity contribution in [1.29, 1.82) is 0 Å². The molecule has 0 saturated carbocycles. The van der Waals surface area contributed by atoms with Gasteiger partial charge in [0.2, 0.25) is 0 Å². The zero-order valence-electron chi connectivity index (χ0n) is 15.8. The monoisotopic (exact) mass is 371 g/mol. The zero-order valence-corrected chi connectivity index (χ0v) is 15.8. The van der Waals surface area contributed by atoms with E-state index in [0.717, 1.165) is 24.3 Å². The summed E-state index contributed by atoms with van der Waals surface area (Å²) in [6, 6.07) is 14.0. The summed E-state index contributed by atoms with van der Waals surface area (Å²) in [6.07, 6.45) is 0. The normalized spacial score (nSPS) is 16.0. The Labute approximate surface area is 159 Å². The lowest BCUT2D eigenvalue weighted by Gasteiger charge is -2.35. The summed E-state index contributed by atoms with van der Waals surface area (Å²) in [5.41, 5.74) is 2.59. The van der Waals surface area contributed by atoms with Gasteiger partial charge in [0, 0.05) is 45.0 Å². The van der Waals surface area contributed by atoms with Crippen molar-refractivity contribution in [3.63, 3.8) is 0 Å². The smallest absolute Gasteiger partial charge is 0.251 e. The fourth-order valence-corrected chi connectivity index (χ4v) is 3.25. The van der Waals surface area contributed by atoms with Crippen LogP contribution in [0.2, 0.25) is 0 Å². The molecule has 2 aromatic carbocycles. The van der Waals surface area contributed by atoms with E-state index in [9.17, 15) is 9.18 Å². The molecule has 0 aromatic heterocycles. The summed E-state index contributed by atoms with van der Waals surface area (Å²) >= 11 is 0. The summed E-state index contributed by atoms with van der Waals surface area (Å²) in [5, 5.41) is 3.04.